The zero-order valence-corrected chi connectivity index (χ0v) is 15.6. The number of para-hydroxylation sites is 1. The molecular weight excluding hydrogens is 336 g/mol. The second-order valence-corrected chi connectivity index (χ2v) is 7.09. The van der Waals surface area contributed by atoms with Crippen LogP contribution in [0.1, 0.15) is 37.3 Å². The lowest BCUT2D eigenvalue weighted by Gasteiger charge is -2.21. The highest BCUT2D eigenvalue weighted by molar-refractivity contribution is 6.36. The lowest BCUT2D eigenvalue weighted by molar-refractivity contribution is -0.136. The van der Waals surface area contributed by atoms with Gasteiger partial charge in [0.1, 0.15) is 5.70 Å². The molecule has 2 aliphatic rings. The van der Waals surface area contributed by atoms with Crippen LogP contribution in [0.15, 0.2) is 60.3 Å². The van der Waals surface area contributed by atoms with Gasteiger partial charge in [-0.05, 0) is 30.0 Å². The summed E-state index contributed by atoms with van der Waals surface area (Å²) in [4.78, 5) is 30.0. The van der Waals surface area contributed by atoms with E-state index in [9.17, 15) is 9.59 Å². The minimum Gasteiger partial charge on any atom is -0.336 e. The maximum absolute atomic E-state index is 13.3. The Kier molecular flexibility index (Phi) is 4.80. The fourth-order valence-corrected chi connectivity index (χ4v) is 3.97. The SMILES string of the molecule is CCCCCN1C(=O)C(c2ccccc2)=C(N2CCc3ccccc32)C1=O. The van der Waals surface area contributed by atoms with Crippen LogP contribution in [-0.2, 0) is 16.0 Å². The lowest BCUT2D eigenvalue weighted by Crippen LogP contribution is -2.35. The van der Waals surface area contributed by atoms with Crippen molar-refractivity contribution in [1.82, 2.24) is 4.90 Å². The average molecular weight is 360 g/mol. The number of fused-ring (bicyclic) bond motifs is 1. The van der Waals surface area contributed by atoms with Crippen molar-refractivity contribution < 1.29 is 9.59 Å². The van der Waals surface area contributed by atoms with Crippen molar-refractivity contribution >= 4 is 23.1 Å². The second kappa shape index (κ2) is 7.39. The van der Waals surface area contributed by atoms with E-state index in [0.717, 1.165) is 43.5 Å². The first-order valence-electron chi connectivity index (χ1n) is 9.73. The number of anilines is 1. The zero-order valence-electron chi connectivity index (χ0n) is 15.6. The molecule has 0 saturated carbocycles. The van der Waals surface area contributed by atoms with Crippen molar-refractivity contribution in [3.05, 3.63) is 71.4 Å². The molecule has 0 radical (unpaired) electrons. The van der Waals surface area contributed by atoms with Crippen LogP contribution in [0.4, 0.5) is 5.69 Å². The highest BCUT2D eigenvalue weighted by atomic mass is 16.2. The van der Waals surface area contributed by atoms with E-state index in [0.29, 0.717) is 17.8 Å². The van der Waals surface area contributed by atoms with Gasteiger partial charge < -0.3 is 4.90 Å². The number of carbonyl (C=O) groups excluding carboxylic acids is 2. The Bertz CT molecular complexity index is 902. The normalized spacial score (nSPS) is 16.5. The van der Waals surface area contributed by atoms with Crippen molar-refractivity contribution in [1.29, 1.82) is 0 Å². The third-order valence-corrected chi connectivity index (χ3v) is 5.35. The first kappa shape index (κ1) is 17.5. The Morgan fingerprint density at radius 3 is 2.41 bits per heavy atom. The Morgan fingerprint density at radius 1 is 0.889 bits per heavy atom. The Morgan fingerprint density at radius 2 is 1.63 bits per heavy atom. The molecule has 0 aromatic heterocycles. The van der Waals surface area contributed by atoms with Crippen LogP contribution in [-0.4, -0.2) is 29.8 Å². The third kappa shape index (κ3) is 3.05. The van der Waals surface area contributed by atoms with Crippen LogP contribution in [0.3, 0.4) is 0 Å². The quantitative estimate of drug-likeness (QED) is 0.577. The average Bonchev–Trinajstić information content (AvgIpc) is 3.22. The monoisotopic (exact) mass is 360 g/mol. The maximum Gasteiger partial charge on any atom is 0.278 e. The molecule has 2 heterocycles. The van der Waals surface area contributed by atoms with Crippen molar-refractivity contribution in [3.8, 4) is 0 Å². The summed E-state index contributed by atoms with van der Waals surface area (Å²) in [5.74, 6) is -0.326. The summed E-state index contributed by atoms with van der Waals surface area (Å²) < 4.78 is 0. The molecule has 0 bridgehead atoms. The fraction of sp³-hybridized carbons (Fsp3) is 0.304. The number of hydrogen-bond donors (Lipinski definition) is 0. The molecule has 2 amide bonds. The van der Waals surface area contributed by atoms with Crippen molar-refractivity contribution in [2.24, 2.45) is 0 Å². The second-order valence-electron chi connectivity index (χ2n) is 7.09. The Hall–Kier alpha value is -2.88. The molecule has 0 spiro atoms. The van der Waals surface area contributed by atoms with Gasteiger partial charge in [-0.2, -0.15) is 0 Å². The molecule has 0 unspecified atom stereocenters. The van der Waals surface area contributed by atoms with Crippen LogP contribution in [0.2, 0.25) is 0 Å². The van der Waals surface area contributed by atoms with Crippen molar-refractivity contribution in [2.45, 2.75) is 32.6 Å². The number of amides is 2. The van der Waals surface area contributed by atoms with Gasteiger partial charge in [0.15, 0.2) is 0 Å². The van der Waals surface area contributed by atoms with E-state index < -0.39 is 0 Å². The topological polar surface area (TPSA) is 40.6 Å². The van der Waals surface area contributed by atoms with Crippen LogP contribution in [0.5, 0.6) is 0 Å². The largest absolute Gasteiger partial charge is 0.336 e. The van der Waals surface area contributed by atoms with Crippen LogP contribution >= 0.6 is 0 Å². The smallest absolute Gasteiger partial charge is 0.278 e. The number of imide groups is 1. The van der Waals surface area contributed by atoms with Crippen LogP contribution in [0, 0.1) is 0 Å². The van der Waals surface area contributed by atoms with Crippen molar-refractivity contribution in [2.75, 3.05) is 18.0 Å². The summed E-state index contributed by atoms with van der Waals surface area (Å²) in [5.41, 5.74) is 4.15. The number of nitrogens with zero attached hydrogens (tertiary/aromatic N) is 2. The van der Waals surface area contributed by atoms with E-state index in [1.165, 1.54) is 10.5 Å². The predicted octanol–water partition coefficient (Wildman–Crippen LogP) is 4.02. The number of rotatable bonds is 6. The molecular formula is C23H24N2O2. The molecule has 4 heteroatoms. The van der Waals surface area contributed by atoms with E-state index in [-0.39, 0.29) is 11.8 Å². The number of hydrogen-bond acceptors (Lipinski definition) is 3. The summed E-state index contributed by atoms with van der Waals surface area (Å²) in [7, 11) is 0. The molecule has 27 heavy (non-hydrogen) atoms. The molecule has 2 aromatic rings. The van der Waals surface area contributed by atoms with Gasteiger partial charge in [0.25, 0.3) is 11.8 Å². The maximum atomic E-state index is 13.3. The lowest BCUT2D eigenvalue weighted by atomic mass is 10.0. The third-order valence-electron chi connectivity index (χ3n) is 5.35. The van der Waals surface area contributed by atoms with Crippen molar-refractivity contribution in [3.63, 3.8) is 0 Å². The highest BCUT2D eigenvalue weighted by Gasteiger charge is 2.42. The summed E-state index contributed by atoms with van der Waals surface area (Å²) in [6.45, 7) is 3.33. The summed E-state index contributed by atoms with van der Waals surface area (Å²) in [6.07, 6.45) is 3.81. The molecule has 4 nitrogen and oxygen atoms in total. The number of carbonyl (C=O) groups is 2. The summed E-state index contributed by atoms with van der Waals surface area (Å²) >= 11 is 0. The minimum absolute atomic E-state index is 0.161. The van der Waals surface area contributed by atoms with Gasteiger partial charge in [0.05, 0.1) is 5.57 Å². The molecule has 0 fully saturated rings. The molecule has 0 saturated heterocycles. The molecule has 2 aliphatic heterocycles. The van der Waals surface area contributed by atoms with E-state index in [4.69, 9.17) is 0 Å². The predicted molar refractivity (Wildman–Crippen MR) is 107 cm³/mol. The van der Waals surface area contributed by atoms with Crippen LogP contribution in [0.25, 0.3) is 5.57 Å². The summed E-state index contributed by atoms with van der Waals surface area (Å²) in [6, 6.07) is 17.7. The fourth-order valence-electron chi connectivity index (χ4n) is 3.97. The Labute approximate surface area is 160 Å². The van der Waals surface area contributed by atoms with Gasteiger partial charge in [-0.1, -0.05) is 68.3 Å². The standard InChI is InChI=1S/C23H24N2O2/c1-2-3-9-15-25-22(26)20(18-11-5-4-6-12-18)21(23(25)27)24-16-14-17-10-7-8-13-19(17)24/h4-8,10-13H,2-3,9,14-16H2,1H3. The number of unbranched alkanes of at least 4 members (excludes halogenated alkanes) is 2. The molecule has 4 rings (SSSR count). The van der Waals surface area contributed by atoms with Gasteiger partial charge in [0, 0.05) is 18.8 Å². The minimum atomic E-state index is -0.165. The molecule has 138 valence electrons. The number of benzene rings is 2. The van der Waals surface area contributed by atoms with E-state index in [2.05, 4.69) is 13.0 Å². The molecule has 0 aliphatic carbocycles. The molecule has 0 atom stereocenters. The van der Waals surface area contributed by atoms with Gasteiger partial charge in [0.2, 0.25) is 0 Å². The van der Waals surface area contributed by atoms with Gasteiger partial charge in [-0.3, -0.25) is 14.5 Å². The van der Waals surface area contributed by atoms with Gasteiger partial charge in [-0.25, -0.2) is 0 Å². The van der Waals surface area contributed by atoms with Gasteiger partial charge >= 0.3 is 0 Å². The highest BCUT2D eigenvalue weighted by Crippen LogP contribution is 2.38. The van der Waals surface area contributed by atoms with E-state index >= 15 is 0 Å². The Balaban J connectivity index is 1.78. The zero-order chi connectivity index (χ0) is 18.8. The molecule has 2 aromatic carbocycles. The molecule has 0 N–H and O–H groups in total. The van der Waals surface area contributed by atoms with Gasteiger partial charge in [-0.15, -0.1) is 0 Å². The van der Waals surface area contributed by atoms with E-state index in [1.807, 2.05) is 53.4 Å². The van der Waals surface area contributed by atoms with E-state index in [1.54, 1.807) is 0 Å². The van der Waals surface area contributed by atoms with Crippen LogP contribution < -0.4 is 4.90 Å². The first-order chi connectivity index (χ1) is 13.2. The summed E-state index contributed by atoms with van der Waals surface area (Å²) in [5, 5.41) is 0. The first-order valence-corrected chi connectivity index (χ1v) is 9.73.